The molecule has 0 aliphatic carbocycles. The van der Waals surface area contributed by atoms with Crippen molar-refractivity contribution < 1.29 is 4.79 Å². The monoisotopic (exact) mass is 324 g/mol. The molecule has 3 rings (SSSR count). The van der Waals surface area contributed by atoms with E-state index in [9.17, 15) is 4.79 Å². The van der Waals surface area contributed by atoms with Crippen molar-refractivity contribution in [1.82, 2.24) is 15.3 Å². The van der Waals surface area contributed by atoms with Gasteiger partial charge in [0, 0.05) is 43.1 Å². The van der Waals surface area contributed by atoms with Crippen LogP contribution in [0.25, 0.3) is 0 Å². The van der Waals surface area contributed by atoms with Crippen molar-refractivity contribution in [2.75, 3.05) is 24.5 Å². The highest BCUT2D eigenvalue weighted by Gasteiger charge is 2.23. The SMILES string of the molecule is Cc1ncccc1C(=O)c1cccc(N2CCN[C@H](C(C)C)C2)n1. The van der Waals surface area contributed by atoms with Crippen LogP contribution in [0.3, 0.4) is 0 Å². The van der Waals surface area contributed by atoms with Crippen LogP contribution < -0.4 is 10.2 Å². The Kier molecular flexibility index (Phi) is 4.90. The predicted octanol–water partition coefficient (Wildman–Crippen LogP) is 2.45. The molecule has 2 aromatic heterocycles. The lowest BCUT2D eigenvalue weighted by Gasteiger charge is -2.36. The lowest BCUT2D eigenvalue weighted by atomic mass is 10.0. The molecule has 1 saturated heterocycles. The van der Waals surface area contributed by atoms with Gasteiger partial charge in [0.2, 0.25) is 5.78 Å². The molecular formula is C19H24N4O. The number of pyridine rings is 2. The molecule has 0 aromatic carbocycles. The second kappa shape index (κ2) is 7.09. The summed E-state index contributed by atoms with van der Waals surface area (Å²) in [5.74, 6) is 1.36. The van der Waals surface area contributed by atoms with Gasteiger partial charge in [-0.2, -0.15) is 0 Å². The summed E-state index contributed by atoms with van der Waals surface area (Å²) in [6, 6.07) is 9.70. The summed E-state index contributed by atoms with van der Waals surface area (Å²) in [6.07, 6.45) is 1.70. The zero-order chi connectivity index (χ0) is 17.1. The van der Waals surface area contributed by atoms with Crippen molar-refractivity contribution in [2.24, 2.45) is 5.92 Å². The van der Waals surface area contributed by atoms with Crippen molar-refractivity contribution >= 4 is 11.6 Å². The second-order valence-corrected chi connectivity index (χ2v) is 6.60. The molecule has 5 nitrogen and oxygen atoms in total. The van der Waals surface area contributed by atoms with Crippen LogP contribution >= 0.6 is 0 Å². The third-order valence-corrected chi connectivity index (χ3v) is 4.55. The molecule has 5 heteroatoms. The highest BCUT2D eigenvalue weighted by atomic mass is 16.1. The molecule has 1 atom stereocenters. The molecule has 0 bridgehead atoms. The molecule has 0 amide bonds. The highest BCUT2D eigenvalue weighted by molar-refractivity contribution is 6.08. The van der Waals surface area contributed by atoms with E-state index in [-0.39, 0.29) is 5.78 Å². The standard InChI is InChI=1S/C19H24N4O/c1-13(2)17-12-23(11-10-21-17)18-8-4-7-16(22-18)19(24)15-6-5-9-20-14(15)3/h4-9,13,17,21H,10-12H2,1-3H3/t17-/m0/s1. The van der Waals surface area contributed by atoms with E-state index < -0.39 is 0 Å². The van der Waals surface area contributed by atoms with E-state index in [4.69, 9.17) is 0 Å². The van der Waals surface area contributed by atoms with Crippen molar-refractivity contribution in [3.8, 4) is 0 Å². The van der Waals surface area contributed by atoms with Crippen LogP contribution in [0.15, 0.2) is 36.5 Å². The largest absolute Gasteiger partial charge is 0.354 e. The summed E-state index contributed by atoms with van der Waals surface area (Å²) in [5.41, 5.74) is 1.82. The number of piperazine rings is 1. The van der Waals surface area contributed by atoms with E-state index in [2.05, 4.69) is 34.0 Å². The van der Waals surface area contributed by atoms with Gasteiger partial charge in [0.05, 0.1) is 0 Å². The molecule has 0 spiro atoms. The average molecular weight is 324 g/mol. The van der Waals surface area contributed by atoms with Crippen LogP contribution in [0.5, 0.6) is 0 Å². The van der Waals surface area contributed by atoms with E-state index in [1.54, 1.807) is 24.4 Å². The Balaban J connectivity index is 1.84. The number of aryl methyl sites for hydroxylation is 1. The molecule has 126 valence electrons. The van der Waals surface area contributed by atoms with E-state index in [0.29, 0.717) is 23.2 Å². The van der Waals surface area contributed by atoms with E-state index in [0.717, 1.165) is 31.1 Å². The molecule has 3 heterocycles. The van der Waals surface area contributed by atoms with Crippen LogP contribution in [-0.4, -0.2) is 41.4 Å². The number of anilines is 1. The molecule has 24 heavy (non-hydrogen) atoms. The lowest BCUT2D eigenvalue weighted by molar-refractivity contribution is 0.103. The number of nitrogens with zero attached hydrogens (tertiary/aromatic N) is 3. The molecular weight excluding hydrogens is 300 g/mol. The molecule has 1 aliphatic heterocycles. The Morgan fingerprint density at radius 3 is 2.88 bits per heavy atom. The Bertz CT molecular complexity index is 729. The number of rotatable bonds is 4. The highest BCUT2D eigenvalue weighted by Crippen LogP contribution is 2.18. The Morgan fingerprint density at radius 2 is 2.12 bits per heavy atom. The third kappa shape index (κ3) is 3.46. The number of hydrogen-bond acceptors (Lipinski definition) is 5. The van der Waals surface area contributed by atoms with Crippen molar-refractivity contribution in [3.63, 3.8) is 0 Å². The van der Waals surface area contributed by atoms with Gasteiger partial charge in [0.25, 0.3) is 0 Å². The maximum absolute atomic E-state index is 12.7. The summed E-state index contributed by atoms with van der Waals surface area (Å²) in [4.78, 5) is 23.8. The molecule has 0 saturated carbocycles. The minimum Gasteiger partial charge on any atom is -0.354 e. The average Bonchev–Trinajstić information content (AvgIpc) is 2.62. The summed E-state index contributed by atoms with van der Waals surface area (Å²) in [5, 5.41) is 3.54. The first-order chi connectivity index (χ1) is 11.6. The maximum atomic E-state index is 12.7. The van der Waals surface area contributed by atoms with Gasteiger partial charge in [-0.3, -0.25) is 9.78 Å². The van der Waals surface area contributed by atoms with Gasteiger partial charge < -0.3 is 10.2 Å². The van der Waals surface area contributed by atoms with Crippen LogP contribution in [0.1, 0.15) is 35.6 Å². The van der Waals surface area contributed by atoms with Gasteiger partial charge in [0.1, 0.15) is 11.5 Å². The minimum absolute atomic E-state index is 0.0713. The number of ketones is 1. The summed E-state index contributed by atoms with van der Waals surface area (Å²) < 4.78 is 0. The Hall–Kier alpha value is -2.27. The maximum Gasteiger partial charge on any atom is 0.213 e. The summed E-state index contributed by atoms with van der Waals surface area (Å²) in [6.45, 7) is 9.04. The van der Waals surface area contributed by atoms with E-state index in [1.165, 1.54) is 0 Å². The minimum atomic E-state index is -0.0713. The smallest absolute Gasteiger partial charge is 0.213 e. The van der Waals surface area contributed by atoms with Crippen LogP contribution in [-0.2, 0) is 0 Å². The molecule has 2 aromatic rings. The molecule has 0 radical (unpaired) electrons. The van der Waals surface area contributed by atoms with E-state index >= 15 is 0 Å². The normalized spacial score (nSPS) is 18.0. The van der Waals surface area contributed by atoms with Crippen LogP contribution in [0, 0.1) is 12.8 Å². The van der Waals surface area contributed by atoms with Crippen molar-refractivity contribution in [1.29, 1.82) is 0 Å². The fraction of sp³-hybridized carbons (Fsp3) is 0.421. The summed E-state index contributed by atoms with van der Waals surface area (Å²) >= 11 is 0. The van der Waals surface area contributed by atoms with Crippen molar-refractivity contribution in [2.45, 2.75) is 26.8 Å². The van der Waals surface area contributed by atoms with Gasteiger partial charge >= 0.3 is 0 Å². The molecule has 1 fully saturated rings. The second-order valence-electron chi connectivity index (χ2n) is 6.60. The van der Waals surface area contributed by atoms with E-state index in [1.807, 2.05) is 19.1 Å². The van der Waals surface area contributed by atoms with Crippen LogP contribution in [0.4, 0.5) is 5.82 Å². The molecule has 0 unspecified atom stereocenters. The molecule has 1 N–H and O–H groups in total. The zero-order valence-electron chi connectivity index (χ0n) is 14.5. The lowest BCUT2D eigenvalue weighted by Crippen LogP contribution is -2.53. The number of nitrogens with one attached hydrogen (secondary N) is 1. The topological polar surface area (TPSA) is 58.1 Å². The first-order valence-electron chi connectivity index (χ1n) is 8.48. The van der Waals surface area contributed by atoms with Gasteiger partial charge in [0.15, 0.2) is 0 Å². The Labute approximate surface area is 143 Å². The van der Waals surface area contributed by atoms with Crippen molar-refractivity contribution in [3.05, 3.63) is 53.5 Å². The van der Waals surface area contributed by atoms with Gasteiger partial charge in [-0.05, 0) is 37.1 Å². The quantitative estimate of drug-likeness (QED) is 0.876. The summed E-state index contributed by atoms with van der Waals surface area (Å²) in [7, 11) is 0. The first-order valence-corrected chi connectivity index (χ1v) is 8.48. The van der Waals surface area contributed by atoms with Gasteiger partial charge in [-0.15, -0.1) is 0 Å². The number of carbonyl (C=O) groups excluding carboxylic acids is 1. The molecule has 1 aliphatic rings. The predicted molar refractivity (Wildman–Crippen MR) is 95.5 cm³/mol. The fourth-order valence-electron chi connectivity index (χ4n) is 3.02. The van der Waals surface area contributed by atoms with Gasteiger partial charge in [-0.25, -0.2) is 4.98 Å². The number of aromatic nitrogens is 2. The fourth-order valence-corrected chi connectivity index (χ4v) is 3.02. The van der Waals surface area contributed by atoms with Crippen LogP contribution in [0.2, 0.25) is 0 Å². The third-order valence-electron chi connectivity index (χ3n) is 4.55. The first kappa shape index (κ1) is 16.6. The zero-order valence-corrected chi connectivity index (χ0v) is 14.5. The Morgan fingerprint density at radius 1 is 1.29 bits per heavy atom. The number of hydrogen-bond donors (Lipinski definition) is 1. The van der Waals surface area contributed by atoms with Gasteiger partial charge in [-0.1, -0.05) is 19.9 Å². The number of carbonyl (C=O) groups is 1.